The Morgan fingerprint density at radius 3 is 2.56 bits per heavy atom. The Morgan fingerprint density at radius 1 is 1.06 bits per heavy atom. The highest BCUT2D eigenvalue weighted by Crippen LogP contribution is 2.34. The van der Waals surface area contributed by atoms with Crippen LogP contribution in [0, 0.1) is 0 Å². The molecule has 0 saturated heterocycles. The van der Waals surface area contributed by atoms with Gasteiger partial charge in [0, 0.05) is 11.1 Å². The SMILES string of the molecule is COc1ccccc1-c1cc(Cl)nnc1Cl. The van der Waals surface area contributed by atoms with E-state index < -0.39 is 0 Å². The lowest BCUT2D eigenvalue weighted by molar-refractivity contribution is 0.416. The zero-order valence-corrected chi connectivity index (χ0v) is 9.96. The van der Waals surface area contributed by atoms with Crippen LogP contribution in [0.5, 0.6) is 5.75 Å². The summed E-state index contributed by atoms with van der Waals surface area (Å²) in [7, 11) is 1.60. The molecule has 1 aromatic heterocycles. The van der Waals surface area contributed by atoms with Crippen LogP contribution in [0.4, 0.5) is 0 Å². The molecular weight excluding hydrogens is 247 g/mol. The van der Waals surface area contributed by atoms with Crippen LogP contribution in [-0.2, 0) is 0 Å². The Bertz CT molecular complexity index is 517. The predicted molar refractivity (Wildman–Crippen MR) is 64.0 cm³/mol. The normalized spacial score (nSPS) is 10.2. The highest BCUT2D eigenvalue weighted by atomic mass is 35.5. The van der Waals surface area contributed by atoms with Crippen molar-refractivity contribution in [2.45, 2.75) is 0 Å². The van der Waals surface area contributed by atoms with Gasteiger partial charge in [0.05, 0.1) is 7.11 Å². The Labute approximate surface area is 103 Å². The number of benzene rings is 1. The molecule has 0 bridgehead atoms. The molecule has 2 rings (SSSR count). The lowest BCUT2D eigenvalue weighted by Gasteiger charge is -2.08. The van der Waals surface area contributed by atoms with Crippen molar-refractivity contribution in [3.8, 4) is 16.9 Å². The third-order valence-electron chi connectivity index (χ3n) is 2.12. The third kappa shape index (κ3) is 2.10. The van der Waals surface area contributed by atoms with Crippen LogP contribution in [0.15, 0.2) is 30.3 Å². The lowest BCUT2D eigenvalue weighted by Crippen LogP contribution is -1.91. The Balaban J connectivity index is 2.62. The summed E-state index contributed by atoms with van der Waals surface area (Å²) in [5, 5.41) is 8.02. The molecule has 0 atom stereocenters. The topological polar surface area (TPSA) is 35.0 Å². The lowest BCUT2D eigenvalue weighted by atomic mass is 10.1. The van der Waals surface area contributed by atoms with Crippen LogP contribution in [0.25, 0.3) is 11.1 Å². The number of nitrogens with zero attached hydrogens (tertiary/aromatic N) is 2. The number of para-hydroxylation sites is 1. The zero-order chi connectivity index (χ0) is 11.5. The van der Waals surface area contributed by atoms with Gasteiger partial charge in [0.1, 0.15) is 5.75 Å². The molecule has 5 heteroatoms. The molecule has 0 spiro atoms. The summed E-state index contributed by atoms with van der Waals surface area (Å²) < 4.78 is 5.24. The molecule has 0 amide bonds. The Kier molecular flexibility index (Phi) is 3.27. The van der Waals surface area contributed by atoms with Crippen molar-refractivity contribution in [1.82, 2.24) is 10.2 Å². The molecule has 0 aliphatic heterocycles. The summed E-state index contributed by atoms with van der Waals surface area (Å²) >= 11 is 11.8. The van der Waals surface area contributed by atoms with E-state index in [1.807, 2.05) is 24.3 Å². The molecule has 82 valence electrons. The predicted octanol–water partition coefficient (Wildman–Crippen LogP) is 3.46. The first kappa shape index (κ1) is 11.2. The van der Waals surface area contributed by atoms with Crippen LogP contribution < -0.4 is 4.74 Å². The molecule has 0 unspecified atom stereocenters. The van der Waals surface area contributed by atoms with Crippen molar-refractivity contribution < 1.29 is 4.74 Å². The van der Waals surface area contributed by atoms with Gasteiger partial charge in [0.15, 0.2) is 10.3 Å². The van der Waals surface area contributed by atoms with Gasteiger partial charge in [0.2, 0.25) is 0 Å². The van der Waals surface area contributed by atoms with E-state index >= 15 is 0 Å². The van der Waals surface area contributed by atoms with Gasteiger partial charge in [-0.3, -0.25) is 0 Å². The first-order chi connectivity index (χ1) is 7.72. The molecule has 3 nitrogen and oxygen atoms in total. The van der Waals surface area contributed by atoms with Gasteiger partial charge in [-0.2, -0.15) is 0 Å². The minimum Gasteiger partial charge on any atom is -0.496 e. The molecule has 0 aliphatic rings. The molecule has 0 saturated carbocycles. The summed E-state index contributed by atoms with van der Waals surface area (Å²) in [6, 6.07) is 9.17. The number of halogens is 2. The van der Waals surface area contributed by atoms with Crippen LogP contribution >= 0.6 is 23.2 Å². The van der Waals surface area contributed by atoms with E-state index in [1.165, 1.54) is 0 Å². The summed E-state index contributed by atoms with van der Waals surface area (Å²) in [6.45, 7) is 0. The largest absolute Gasteiger partial charge is 0.496 e. The third-order valence-corrected chi connectivity index (χ3v) is 2.58. The number of aromatic nitrogens is 2. The first-order valence-corrected chi connectivity index (χ1v) is 5.30. The number of hydrogen-bond donors (Lipinski definition) is 0. The molecule has 1 aromatic carbocycles. The summed E-state index contributed by atoms with van der Waals surface area (Å²) in [4.78, 5) is 0. The molecule has 1 heterocycles. The number of hydrogen-bond acceptors (Lipinski definition) is 3. The molecule has 0 aliphatic carbocycles. The second-order valence-electron chi connectivity index (χ2n) is 3.07. The fourth-order valence-corrected chi connectivity index (χ4v) is 1.75. The maximum atomic E-state index is 5.97. The number of rotatable bonds is 2. The van der Waals surface area contributed by atoms with Crippen molar-refractivity contribution in [2.24, 2.45) is 0 Å². The van der Waals surface area contributed by atoms with Crippen LogP contribution in [-0.4, -0.2) is 17.3 Å². The quantitative estimate of drug-likeness (QED) is 0.824. The van der Waals surface area contributed by atoms with Gasteiger partial charge < -0.3 is 4.74 Å². The van der Waals surface area contributed by atoms with Gasteiger partial charge in [-0.1, -0.05) is 41.4 Å². The first-order valence-electron chi connectivity index (χ1n) is 4.54. The van der Waals surface area contributed by atoms with E-state index in [9.17, 15) is 0 Å². The van der Waals surface area contributed by atoms with E-state index in [0.29, 0.717) is 21.6 Å². The van der Waals surface area contributed by atoms with Crippen molar-refractivity contribution in [2.75, 3.05) is 7.11 Å². The van der Waals surface area contributed by atoms with Crippen LogP contribution in [0.3, 0.4) is 0 Å². The standard InChI is InChI=1S/C11H8Cl2N2O/c1-16-9-5-3-2-4-7(9)8-6-10(12)14-15-11(8)13/h2-6H,1H3. The van der Waals surface area contributed by atoms with Crippen molar-refractivity contribution in [3.05, 3.63) is 40.6 Å². The second kappa shape index (κ2) is 4.68. The summed E-state index contributed by atoms with van der Waals surface area (Å²) in [6.07, 6.45) is 0. The molecular formula is C11H8Cl2N2O. The highest BCUT2D eigenvalue weighted by Gasteiger charge is 2.11. The molecule has 16 heavy (non-hydrogen) atoms. The van der Waals surface area contributed by atoms with E-state index in [2.05, 4.69) is 10.2 Å². The van der Waals surface area contributed by atoms with Gasteiger partial charge >= 0.3 is 0 Å². The van der Waals surface area contributed by atoms with E-state index in [1.54, 1.807) is 13.2 Å². The zero-order valence-electron chi connectivity index (χ0n) is 8.45. The maximum Gasteiger partial charge on any atom is 0.159 e. The number of ether oxygens (including phenoxy) is 1. The fourth-order valence-electron chi connectivity index (χ4n) is 1.41. The van der Waals surface area contributed by atoms with E-state index in [0.717, 1.165) is 5.56 Å². The molecule has 0 radical (unpaired) electrons. The van der Waals surface area contributed by atoms with Crippen molar-refractivity contribution >= 4 is 23.2 Å². The highest BCUT2D eigenvalue weighted by molar-refractivity contribution is 6.33. The minimum absolute atomic E-state index is 0.297. The number of methoxy groups -OCH3 is 1. The monoisotopic (exact) mass is 254 g/mol. The van der Waals surface area contributed by atoms with E-state index in [4.69, 9.17) is 27.9 Å². The van der Waals surface area contributed by atoms with Gasteiger partial charge in [-0.15, -0.1) is 10.2 Å². The Morgan fingerprint density at radius 2 is 1.81 bits per heavy atom. The van der Waals surface area contributed by atoms with E-state index in [-0.39, 0.29) is 0 Å². The second-order valence-corrected chi connectivity index (χ2v) is 3.82. The van der Waals surface area contributed by atoms with Crippen LogP contribution in [0.1, 0.15) is 0 Å². The summed E-state index contributed by atoms with van der Waals surface area (Å²) in [5.41, 5.74) is 1.55. The van der Waals surface area contributed by atoms with Crippen molar-refractivity contribution in [3.63, 3.8) is 0 Å². The van der Waals surface area contributed by atoms with Crippen molar-refractivity contribution in [1.29, 1.82) is 0 Å². The average Bonchev–Trinajstić information content (AvgIpc) is 2.32. The van der Waals surface area contributed by atoms with Gasteiger partial charge in [-0.25, -0.2) is 0 Å². The maximum absolute atomic E-state index is 5.97. The molecule has 0 fully saturated rings. The van der Waals surface area contributed by atoms with Gasteiger partial charge in [-0.05, 0) is 12.1 Å². The Hall–Kier alpha value is -1.32. The smallest absolute Gasteiger partial charge is 0.159 e. The summed E-state index contributed by atoms with van der Waals surface area (Å²) in [5.74, 6) is 0.716. The molecule has 2 aromatic rings. The average molecular weight is 255 g/mol. The minimum atomic E-state index is 0.297. The van der Waals surface area contributed by atoms with Gasteiger partial charge in [0.25, 0.3) is 0 Å². The fraction of sp³-hybridized carbons (Fsp3) is 0.0909. The van der Waals surface area contributed by atoms with Crippen LogP contribution in [0.2, 0.25) is 10.3 Å². The molecule has 0 N–H and O–H groups in total.